The summed E-state index contributed by atoms with van der Waals surface area (Å²) in [5.74, 6) is -0.966. The fourth-order valence-corrected chi connectivity index (χ4v) is 0.576. The topological polar surface area (TPSA) is 81.5 Å². The van der Waals surface area contributed by atoms with Crippen LogP contribution in [0.1, 0.15) is 20.8 Å². The molecule has 0 radical (unpaired) electrons. The first-order valence-corrected chi connectivity index (χ1v) is 3.98. The SMILES string of the molecule is COC(=O)C(=CNC(C)(C)C)[N+](=O)[O-]. The van der Waals surface area contributed by atoms with Gasteiger partial charge in [-0.3, -0.25) is 10.1 Å². The quantitative estimate of drug-likeness (QED) is 0.315. The number of hydrogen-bond donors (Lipinski definition) is 1. The number of nitrogens with one attached hydrogen (secondary N) is 1. The molecule has 0 bridgehead atoms. The van der Waals surface area contributed by atoms with Gasteiger partial charge in [-0.25, -0.2) is 4.79 Å². The zero-order valence-corrected chi connectivity index (χ0v) is 8.66. The normalized spacial score (nSPS) is 12.1. The number of methoxy groups -OCH3 is 1. The lowest BCUT2D eigenvalue weighted by Crippen LogP contribution is -2.32. The molecule has 0 fully saturated rings. The van der Waals surface area contributed by atoms with Crippen molar-refractivity contribution >= 4 is 5.97 Å². The molecule has 6 heteroatoms. The second-order valence-electron chi connectivity index (χ2n) is 3.67. The minimum absolute atomic E-state index is 0.338. The van der Waals surface area contributed by atoms with E-state index in [1.54, 1.807) is 0 Å². The second kappa shape index (κ2) is 4.59. The van der Waals surface area contributed by atoms with Crippen LogP contribution in [0.3, 0.4) is 0 Å². The van der Waals surface area contributed by atoms with E-state index in [-0.39, 0.29) is 5.54 Å². The number of carbonyl (C=O) groups is 1. The smallest absolute Gasteiger partial charge is 0.411 e. The zero-order chi connectivity index (χ0) is 11.4. The van der Waals surface area contributed by atoms with Crippen molar-refractivity contribution in [2.45, 2.75) is 26.3 Å². The molecule has 0 aliphatic carbocycles. The summed E-state index contributed by atoms with van der Waals surface area (Å²) >= 11 is 0. The molecule has 0 aliphatic heterocycles. The van der Waals surface area contributed by atoms with Gasteiger partial charge in [-0.2, -0.15) is 0 Å². The summed E-state index contributed by atoms with van der Waals surface area (Å²) in [4.78, 5) is 20.5. The molecule has 80 valence electrons. The van der Waals surface area contributed by atoms with Gasteiger partial charge in [-0.1, -0.05) is 0 Å². The molecule has 0 amide bonds. The summed E-state index contributed by atoms with van der Waals surface area (Å²) in [5, 5.41) is 13.1. The molecule has 0 aromatic rings. The molecule has 0 heterocycles. The van der Waals surface area contributed by atoms with Crippen LogP contribution in [-0.4, -0.2) is 23.5 Å². The van der Waals surface area contributed by atoms with Gasteiger partial charge in [0.1, 0.15) is 0 Å². The molecule has 0 rings (SSSR count). The van der Waals surface area contributed by atoms with E-state index in [4.69, 9.17) is 0 Å². The van der Waals surface area contributed by atoms with Crippen molar-refractivity contribution in [3.8, 4) is 0 Å². The summed E-state index contributed by atoms with van der Waals surface area (Å²) < 4.78 is 4.25. The van der Waals surface area contributed by atoms with Crippen LogP contribution in [0.2, 0.25) is 0 Å². The molecule has 0 atom stereocenters. The van der Waals surface area contributed by atoms with Gasteiger partial charge in [-0.05, 0) is 20.8 Å². The van der Waals surface area contributed by atoms with Crippen LogP contribution >= 0.6 is 0 Å². The second-order valence-corrected chi connectivity index (χ2v) is 3.67. The summed E-state index contributed by atoms with van der Waals surface area (Å²) in [6.07, 6.45) is 1.05. The van der Waals surface area contributed by atoms with E-state index in [1.807, 2.05) is 20.8 Å². The van der Waals surface area contributed by atoms with Gasteiger partial charge >= 0.3 is 11.7 Å². The molecule has 0 aromatic carbocycles. The average Bonchev–Trinajstić information content (AvgIpc) is 2.01. The average molecular weight is 202 g/mol. The molecule has 0 aromatic heterocycles. The van der Waals surface area contributed by atoms with E-state index in [0.29, 0.717) is 0 Å². The molecule has 14 heavy (non-hydrogen) atoms. The van der Waals surface area contributed by atoms with Crippen LogP contribution in [0, 0.1) is 10.1 Å². The largest absolute Gasteiger partial charge is 0.461 e. The summed E-state index contributed by atoms with van der Waals surface area (Å²) in [5.41, 5.74) is -0.947. The highest BCUT2D eigenvalue weighted by atomic mass is 16.6. The molecule has 0 spiro atoms. The van der Waals surface area contributed by atoms with Gasteiger partial charge in [0.05, 0.1) is 18.2 Å². The third kappa shape index (κ3) is 4.44. The van der Waals surface area contributed by atoms with Crippen molar-refractivity contribution < 1.29 is 14.5 Å². The third-order valence-electron chi connectivity index (χ3n) is 1.23. The van der Waals surface area contributed by atoms with Crippen molar-refractivity contribution in [2.24, 2.45) is 0 Å². The third-order valence-corrected chi connectivity index (χ3v) is 1.23. The first-order chi connectivity index (χ1) is 6.28. The van der Waals surface area contributed by atoms with Crippen LogP contribution in [-0.2, 0) is 9.53 Å². The molecule has 0 aliphatic rings. The van der Waals surface area contributed by atoms with Crippen molar-refractivity contribution in [1.29, 1.82) is 0 Å². The lowest BCUT2D eigenvalue weighted by Gasteiger charge is -2.17. The first-order valence-electron chi connectivity index (χ1n) is 3.98. The fourth-order valence-electron chi connectivity index (χ4n) is 0.576. The van der Waals surface area contributed by atoms with Crippen LogP contribution in [0.4, 0.5) is 0 Å². The van der Waals surface area contributed by atoms with Crippen molar-refractivity contribution in [3.63, 3.8) is 0 Å². The number of esters is 1. The number of nitro groups is 1. The van der Waals surface area contributed by atoms with Crippen molar-refractivity contribution in [3.05, 3.63) is 22.0 Å². The lowest BCUT2D eigenvalue weighted by atomic mass is 10.1. The number of nitrogens with zero attached hydrogens (tertiary/aromatic N) is 1. The molecular formula is C8H14N2O4. The van der Waals surface area contributed by atoms with Crippen LogP contribution in [0.15, 0.2) is 11.9 Å². The maximum atomic E-state index is 10.9. The highest BCUT2D eigenvalue weighted by Gasteiger charge is 2.23. The van der Waals surface area contributed by atoms with Gasteiger partial charge in [0.2, 0.25) is 0 Å². The Morgan fingerprint density at radius 3 is 2.29 bits per heavy atom. The molecule has 1 N–H and O–H groups in total. The van der Waals surface area contributed by atoms with Crippen LogP contribution in [0.5, 0.6) is 0 Å². The first kappa shape index (κ1) is 12.4. The monoisotopic (exact) mass is 202 g/mol. The minimum atomic E-state index is -0.966. The Morgan fingerprint density at radius 2 is 2.00 bits per heavy atom. The number of carbonyl (C=O) groups excluding carboxylic acids is 1. The maximum Gasteiger partial charge on any atom is 0.411 e. The Balaban J connectivity index is 4.67. The molecule has 0 saturated heterocycles. The van der Waals surface area contributed by atoms with E-state index in [9.17, 15) is 14.9 Å². The van der Waals surface area contributed by atoms with Gasteiger partial charge in [-0.15, -0.1) is 0 Å². The van der Waals surface area contributed by atoms with Crippen molar-refractivity contribution in [1.82, 2.24) is 5.32 Å². The fraction of sp³-hybridized carbons (Fsp3) is 0.625. The predicted octanol–water partition coefficient (Wildman–Crippen LogP) is 0.666. The van der Waals surface area contributed by atoms with Gasteiger partial charge in [0.15, 0.2) is 0 Å². The van der Waals surface area contributed by atoms with E-state index in [0.717, 1.165) is 13.3 Å². The standard InChI is InChI=1S/C8H14N2O4/c1-8(2,3)9-5-6(10(12)13)7(11)14-4/h5,9H,1-4H3. The highest BCUT2D eigenvalue weighted by Crippen LogP contribution is 2.02. The predicted molar refractivity (Wildman–Crippen MR) is 50.0 cm³/mol. The zero-order valence-electron chi connectivity index (χ0n) is 8.66. The Kier molecular flexibility index (Phi) is 4.07. The Hall–Kier alpha value is -1.59. The molecule has 0 saturated carbocycles. The van der Waals surface area contributed by atoms with E-state index in [2.05, 4.69) is 10.1 Å². The summed E-state index contributed by atoms with van der Waals surface area (Å²) in [6.45, 7) is 5.45. The van der Waals surface area contributed by atoms with Gasteiger partial charge in [0, 0.05) is 5.54 Å². The number of rotatable bonds is 3. The lowest BCUT2D eigenvalue weighted by molar-refractivity contribution is -0.421. The summed E-state index contributed by atoms with van der Waals surface area (Å²) in [6, 6.07) is 0. The van der Waals surface area contributed by atoms with E-state index < -0.39 is 16.6 Å². The Labute approximate surface area is 82.1 Å². The van der Waals surface area contributed by atoms with E-state index in [1.165, 1.54) is 0 Å². The Bertz CT molecular complexity index is 265. The van der Waals surface area contributed by atoms with Gasteiger partial charge in [0.25, 0.3) is 0 Å². The van der Waals surface area contributed by atoms with Crippen molar-refractivity contribution in [2.75, 3.05) is 7.11 Å². The van der Waals surface area contributed by atoms with E-state index >= 15 is 0 Å². The van der Waals surface area contributed by atoms with Crippen LogP contribution in [0.25, 0.3) is 0 Å². The maximum absolute atomic E-state index is 10.9. The van der Waals surface area contributed by atoms with Gasteiger partial charge < -0.3 is 10.1 Å². The number of hydrogen-bond acceptors (Lipinski definition) is 5. The Morgan fingerprint density at radius 1 is 1.50 bits per heavy atom. The number of ether oxygens (including phenoxy) is 1. The molecule has 0 unspecified atom stereocenters. The highest BCUT2D eigenvalue weighted by molar-refractivity contribution is 5.85. The molecule has 6 nitrogen and oxygen atoms in total. The summed E-state index contributed by atoms with van der Waals surface area (Å²) in [7, 11) is 1.09. The molecular weight excluding hydrogens is 188 g/mol. The minimum Gasteiger partial charge on any atom is -0.461 e. The van der Waals surface area contributed by atoms with Crippen LogP contribution < -0.4 is 5.32 Å².